The van der Waals surface area contributed by atoms with Crippen LogP contribution < -0.4 is 10.7 Å². The fourth-order valence-electron chi connectivity index (χ4n) is 5.17. The number of hydrogen-bond donors (Lipinski definition) is 4. The van der Waals surface area contributed by atoms with Gasteiger partial charge in [-0.1, -0.05) is 12.1 Å². The summed E-state index contributed by atoms with van der Waals surface area (Å²) < 4.78 is 10.8. The topological polar surface area (TPSA) is 136 Å². The summed E-state index contributed by atoms with van der Waals surface area (Å²) in [6.45, 7) is 6.61. The lowest BCUT2D eigenvalue weighted by Gasteiger charge is -2.27. The van der Waals surface area contributed by atoms with Crippen LogP contribution in [0.3, 0.4) is 0 Å². The highest BCUT2D eigenvalue weighted by Gasteiger charge is 2.35. The molecular weight excluding hydrogens is 506 g/mol. The Morgan fingerprint density at radius 1 is 1.13 bits per heavy atom. The number of morpholine rings is 2. The van der Waals surface area contributed by atoms with E-state index in [0.29, 0.717) is 66.5 Å². The maximum atomic E-state index is 13.2. The van der Waals surface area contributed by atoms with Crippen LogP contribution in [-0.2, 0) is 20.7 Å². The van der Waals surface area contributed by atoms with Crippen LogP contribution in [0, 0.1) is 5.41 Å². The van der Waals surface area contributed by atoms with Crippen LogP contribution in [0.4, 0.5) is 5.69 Å². The van der Waals surface area contributed by atoms with E-state index in [2.05, 4.69) is 25.8 Å². The minimum Gasteiger partial charge on any atom is -0.379 e. The molecule has 12 heteroatoms. The summed E-state index contributed by atoms with van der Waals surface area (Å²) in [7, 11) is 0. The number of carbonyl (C=O) groups is 2. The van der Waals surface area contributed by atoms with Crippen molar-refractivity contribution in [2.45, 2.75) is 6.42 Å². The molecule has 1 aliphatic carbocycles. The van der Waals surface area contributed by atoms with Crippen molar-refractivity contribution in [2.24, 2.45) is 0 Å². The number of aromatic nitrogens is 2. The molecule has 2 fully saturated rings. The summed E-state index contributed by atoms with van der Waals surface area (Å²) >= 11 is 1.58. The fraction of sp³-hybridized carbons (Fsp3) is 0.385. The quantitative estimate of drug-likeness (QED) is 0.253. The van der Waals surface area contributed by atoms with Gasteiger partial charge in [0, 0.05) is 48.7 Å². The number of thiophene rings is 1. The van der Waals surface area contributed by atoms with Gasteiger partial charge in [0.25, 0.3) is 5.91 Å². The predicted octanol–water partition coefficient (Wildman–Crippen LogP) is 1.95. The molecule has 0 radical (unpaired) electrons. The minimum atomic E-state index is -0.256. The van der Waals surface area contributed by atoms with Crippen molar-refractivity contribution < 1.29 is 19.1 Å². The number of H-pyrrole nitrogens is 1. The Morgan fingerprint density at radius 3 is 2.66 bits per heavy atom. The molecule has 0 atom stereocenters. The summed E-state index contributed by atoms with van der Waals surface area (Å²) in [6, 6.07) is 7.44. The van der Waals surface area contributed by atoms with Crippen molar-refractivity contribution >= 4 is 35.1 Å². The van der Waals surface area contributed by atoms with E-state index in [0.717, 1.165) is 54.6 Å². The zero-order valence-electron chi connectivity index (χ0n) is 20.8. The third-order valence-electron chi connectivity index (χ3n) is 7.10. The van der Waals surface area contributed by atoms with Crippen molar-refractivity contribution in [1.29, 1.82) is 5.41 Å². The highest BCUT2D eigenvalue weighted by atomic mass is 32.1. The standard InChI is InChI=1S/C26H29N7O4S/c27-22-20-17(2-1-3-18(20)26(35)31-33-8-12-37-13-9-33)23-21(22)24(30-29-23)25-19(28-15-34)14-16(38-25)4-5-32-6-10-36-11-7-32/h1-3,14-15,27H,4-13H2,(H,28,34)(H,29,30)(H,31,35). The number of aromatic amines is 1. The van der Waals surface area contributed by atoms with Crippen molar-refractivity contribution in [2.75, 3.05) is 64.5 Å². The highest BCUT2D eigenvalue weighted by molar-refractivity contribution is 7.16. The number of amides is 2. The molecule has 0 spiro atoms. The van der Waals surface area contributed by atoms with Crippen LogP contribution in [0.5, 0.6) is 0 Å². The Hall–Kier alpha value is -3.42. The van der Waals surface area contributed by atoms with Gasteiger partial charge in [0.15, 0.2) is 0 Å². The maximum Gasteiger partial charge on any atom is 0.266 e. The van der Waals surface area contributed by atoms with Crippen molar-refractivity contribution in [1.82, 2.24) is 25.5 Å². The molecule has 1 aromatic carbocycles. The second-order valence-corrected chi connectivity index (χ2v) is 10.5. The van der Waals surface area contributed by atoms with Crippen molar-refractivity contribution in [3.63, 3.8) is 0 Å². The number of fused-ring (bicyclic) bond motifs is 3. The molecular formula is C26H29N7O4S. The average Bonchev–Trinajstić information content (AvgIpc) is 3.63. The van der Waals surface area contributed by atoms with Gasteiger partial charge >= 0.3 is 0 Å². The number of hydrogen-bond acceptors (Lipinski definition) is 9. The first-order chi connectivity index (χ1) is 18.6. The molecule has 198 valence electrons. The molecule has 0 saturated carbocycles. The molecule has 6 rings (SSSR count). The normalized spacial score (nSPS) is 17.7. The van der Waals surface area contributed by atoms with E-state index in [9.17, 15) is 9.59 Å². The Morgan fingerprint density at radius 2 is 1.89 bits per heavy atom. The van der Waals surface area contributed by atoms with Gasteiger partial charge < -0.3 is 14.8 Å². The predicted molar refractivity (Wildman–Crippen MR) is 144 cm³/mol. The lowest BCUT2D eigenvalue weighted by molar-refractivity contribution is -0.105. The van der Waals surface area contributed by atoms with Crippen LogP contribution in [0.25, 0.3) is 21.8 Å². The second kappa shape index (κ2) is 10.8. The first-order valence-corrected chi connectivity index (χ1v) is 13.5. The zero-order chi connectivity index (χ0) is 26.1. The number of nitrogens with zero attached hydrogens (tertiary/aromatic N) is 3. The first kappa shape index (κ1) is 24.9. The van der Waals surface area contributed by atoms with E-state index < -0.39 is 0 Å². The third-order valence-corrected chi connectivity index (χ3v) is 8.32. The fourth-order valence-corrected chi connectivity index (χ4v) is 6.28. The van der Waals surface area contributed by atoms with E-state index >= 15 is 0 Å². The highest BCUT2D eigenvalue weighted by Crippen LogP contribution is 2.45. The largest absolute Gasteiger partial charge is 0.379 e. The summed E-state index contributed by atoms with van der Waals surface area (Å²) in [6.07, 6.45) is 1.51. The van der Waals surface area contributed by atoms with Crippen LogP contribution >= 0.6 is 11.3 Å². The summed E-state index contributed by atoms with van der Waals surface area (Å²) in [5.41, 5.74) is 7.58. The molecule has 38 heavy (non-hydrogen) atoms. The number of ether oxygens (including phenoxy) is 2. The molecule has 4 N–H and O–H groups in total. The van der Waals surface area contributed by atoms with Gasteiger partial charge in [0.1, 0.15) is 5.69 Å². The van der Waals surface area contributed by atoms with E-state index in [1.165, 1.54) is 0 Å². The lowest BCUT2D eigenvalue weighted by atomic mass is 10.00. The molecule has 3 aromatic rings. The Bertz CT molecular complexity index is 1370. The van der Waals surface area contributed by atoms with Crippen LogP contribution in [0.2, 0.25) is 0 Å². The number of benzene rings is 1. The van der Waals surface area contributed by atoms with Crippen LogP contribution in [-0.4, -0.2) is 97.3 Å². The molecule has 2 saturated heterocycles. The molecule has 0 unspecified atom stereocenters. The molecule has 2 amide bonds. The first-order valence-electron chi connectivity index (χ1n) is 12.7. The van der Waals surface area contributed by atoms with Gasteiger partial charge in [-0.15, -0.1) is 11.3 Å². The van der Waals surface area contributed by atoms with Gasteiger partial charge in [-0.3, -0.25) is 30.4 Å². The maximum absolute atomic E-state index is 13.2. The molecule has 2 aromatic heterocycles. The summed E-state index contributed by atoms with van der Waals surface area (Å²) in [5, 5.41) is 21.4. The molecule has 2 aliphatic heterocycles. The Balaban J connectivity index is 1.29. The second-order valence-electron chi connectivity index (χ2n) is 9.39. The van der Waals surface area contributed by atoms with E-state index in [1.54, 1.807) is 17.4 Å². The van der Waals surface area contributed by atoms with Gasteiger partial charge in [0.05, 0.1) is 59.5 Å². The molecule has 0 bridgehead atoms. The van der Waals surface area contributed by atoms with E-state index in [-0.39, 0.29) is 11.6 Å². The number of anilines is 1. The minimum absolute atomic E-state index is 0.242. The number of carbonyl (C=O) groups excluding carboxylic acids is 2. The third kappa shape index (κ3) is 4.65. The Kier molecular flexibility index (Phi) is 7.04. The Labute approximate surface area is 223 Å². The van der Waals surface area contributed by atoms with Gasteiger partial charge in [-0.2, -0.15) is 5.10 Å². The lowest BCUT2D eigenvalue weighted by Crippen LogP contribution is -2.48. The number of nitrogens with one attached hydrogen (secondary N) is 4. The smallest absolute Gasteiger partial charge is 0.266 e. The van der Waals surface area contributed by atoms with E-state index in [1.807, 2.05) is 23.2 Å². The van der Waals surface area contributed by atoms with Gasteiger partial charge in [0.2, 0.25) is 6.41 Å². The summed E-state index contributed by atoms with van der Waals surface area (Å²) in [5.74, 6) is -0.256. The summed E-state index contributed by atoms with van der Waals surface area (Å²) in [4.78, 5) is 29.0. The van der Waals surface area contributed by atoms with Crippen LogP contribution in [0.15, 0.2) is 24.3 Å². The molecule has 4 heterocycles. The number of rotatable bonds is 8. The SMILES string of the molecule is N=C1c2c(C(=O)NN3CCOCC3)cccc2-c2n[nH]c(-c3sc(CCN4CCOCC4)cc3NC=O)c21. The molecule has 3 aliphatic rings. The van der Waals surface area contributed by atoms with Gasteiger partial charge in [-0.05, 0) is 18.6 Å². The number of hydrazine groups is 1. The monoisotopic (exact) mass is 535 g/mol. The molecule has 11 nitrogen and oxygen atoms in total. The van der Waals surface area contributed by atoms with Crippen molar-refractivity contribution in [3.8, 4) is 21.8 Å². The van der Waals surface area contributed by atoms with Crippen molar-refractivity contribution in [3.05, 3.63) is 45.8 Å². The zero-order valence-corrected chi connectivity index (χ0v) is 21.7. The van der Waals surface area contributed by atoms with E-state index in [4.69, 9.17) is 14.9 Å². The van der Waals surface area contributed by atoms with Crippen LogP contribution in [0.1, 0.15) is 26.4 Å². The van der Waals surface area contributed by atoms with Gasteiger partial charge in [-0.25, -0.2) is 5.01 Å². The average molecular weight is 536 g/mol.